The minimum absolute atomic E-state index is 0.0203. The normalized spacial score (nSPS) is 9.83. The van der Waals surface area contributed by atoms with Crippen LogP contribution in [0, 0.1) is 10.1 Å². The molecule has 0 saturated heterocycles. The molecule has 2 rings (SSSR count). The number of nitro groups is 1. The summed E-state index contributed by atoms with van der Waals surface area (Å²) in [6.07, 6.45) is 0. The zero-order valence-corrected chi connectivity index (χ0v) is 13.3. The summed E-state index contributed by atoms with van der Waals surface area (Å²) in [5, 5.41) is 16.9. The topological polar surface area (TPSA) is 85.7 Å². The van der Waals surface area contributed by atoms with Crippen LogP contribution in [-0.4, -0.2) is 24.3 Å². The van der Waals surface area contributed by atoms with Crippen LogP contribution < -0.4 is 20.1 Å². The molecule has 7 nitrogen and oxygen atoms in total. The third-order valence-corrected chi connectivity index (χ3v) is 3.15. The van der Waals surface area contributed by atoms with Gasteiger partial charge in [-0.05, 0) is 24.4 Å². The fourth-order valence-electron chi connectivity index (χ4n) is 1.84. The SMILES string of the molecule is COc1cc(NC(=S)Nc2ccc([N+](=O)[O-])cc2)cc(OC)c1. The van der Waals surface area contributed by atoms with Crippen molar-refractivity contribution in [2.45, 2.75) is 0 Å². The number of benzene rings is 2. The number of nitrogens with zero attached hydrogens (tertiary/aromatic N) is 1. The van der Waals surface area contributed by atoms with E-state index in [4.69, 9.17) is 21.7 Å². The fraction of sp³-hybridized carbons (Fsp3) is 0.133. The molecule has 0 heterocycles. The van der Waals surface area contributed by atoms with E-state index in [1.165, 1.54) is 12.1 Å². The number of nitrogens with one attached hydrogen (secondary N) is 2. The van der Waals surface area contributed by atoms with Crippen LogP contribution in [0.3, 0.4) is 0 Å². The summed E-state index contributed by atoms with van der Waals surface area (Å²) in [6.45, 7) is 0. The van der Waals surface area contributed by atoms with E-state index in [9.17, 15) is 10.1 Å². The Bertz CT molecular complexity index is 697. The molecule has 0 amide bonds. The maximum atomic E-state index is 10.6. The molecular formula is C15H15N3O4S. The van der Waals surface area contributed by atoms with Crippen molar-refractivity contribution < 1.29 is 14.4 Å². The summed E-state index contributed by atoms with van der Waals surface area (Å²) in [6, 6.07) is 11.3. The smallest absolute Gasteiger partial charge is 0.269 e. The molecule has 2 N–H and O–H groups in total. The molecule has 2 aromatic rings. The average molecular weight is 333 g/mol. The van der Waals surface area contributed by atoms with Crippen LogP contribution in [0.5, 0.6) is 11.5 Å². The first-order valence-electron chi connectivity index (χ1n) is 6.57. The minimum atomic E-state index is -0.455. The second-order valence-corrected chi connectivity index (χ2v) is 4.89. The van der Waals surface area contributed by atoms with Gasteiger partial charge in [0.2, 0.25) is 0 Å². The monoisotopic (exact) mass is 333 g/mol. The highest BCUT2D eigenvalue weighted by atomic mass is 32.1. The van der Waals surface area contributed by atoms with Gasteiger partial charge < -0.3 is 20.1 Å². The van der Waals surface area contributed by atoms with Crippen molar-refractivity contribution in [2.75, 3.05) is 24.9 Å². The predicted molar refractivity (Wildman–Crippen MR) is 92.5 cm³/mol. The summed E-state index contributed by atoms with van der Waals surface area (Å²) >= 11 is 5.22. The van der Waals surface area contributed by atoms with Crippen LogP contribution in [-0.2, 0) is 0 Å². The van der Waals surface area contributed by atoms with Gasteiger partial charge in [0.15, 0.2) is 5.11 Å². The van der Waals surface area contributed by atoms with Gasteiger partial charge in [0.05, 0.1) is 19.1 Å². The van der Waals surface area contributed by atoms with Gasteiger partial charge in [0.1, 0.15) is 11.5 Å². The molecule has 0 unspecified atom stereocenters. The van der Waals surface area contributed by atoms with Crippen molar-refractivity contribution in [2.24, 2.45) is 0 Å². The molecule has 0 fully saturated rings. The van der Waals surface area contributed by atoms with E-state index in [1.54, 1.807) is 44.6 Å². The Morgan fingerprint density at radius 2 is 1.52 bits per heavy atom. The second-order valence-electron chi connectivity index (χ2n) is 4.48. The fourth-order valence-corrected chi connectivity index (χ4v) is 2.08. The Morgan fingerprint density at radius 3 is 2.00 bits per heavy atom. The predicted octanol–water partition coefficient (Wildman–Crippen LogP) is 3.42. The zero-order valence-electron chi connectivity index (χ0n) is 12.5. The third-order valence-electron chi connectivity index (χ3n) is 2.95. The summed E-state index contributed by atoms with van der Waals surface area (Å²) in [7, 11) is 3.12. The first-order valence-corrected chi connectivity index (χ1v) is 6.98. The molecule has 0 atom stereocenters. The number of ether oxygens (including phenoxy) is 2. The standard InChI is InChI=1S/C15H15N3O4S/c1-21-13-7-11(8-14(9-13)22-2)17-15(23)16-10-3-5-12(6-4-10)18(19)20/h3-9H,1-2H3,(H2,16,17,23). The van der Waals surface area contributed by atoms with E-state index in [0.717, 1.165) is 0 Å². The number of methoxy groups -OCH3 is 2. The highest BCUT2D eigenvalue weighted by Gasteiger charge is 2.06. The van der Waals surface area contributed by atoms with E-state index >= 15 is 0 Å². The molecule has 0 bridgehead atoms. The van der Waals surface area contributed by atoms with Gasteiger partial charge in [0.25, 0.3) is 5.69 Å². The van der Waals surface area contributed by atoms with Crippen molar-refractivity contribution in [3.8, 4) is 11.5 Å². The number of rotatable bonds is 5. The minimum Gasteiger partial charge on any atom is -0.497 e. The van der Waals surface area contributed by atoms with Crippen LogP contribution in [0.15, 0.2) is 42.5 Å². The number of nitro benzene ring substituents is 1. The molecule has 0 aliphatic rings. The number of hydrogen-bond donors (Lipinski definition) is 2. The Morgan fingerprint density at radius 1 is 1.00 bits per heavy atom. The first kappa shape index (κ1) is 16.5. The molecule has 2 aromatic carbocycles. The molecule has 8 heteroatoms. The van der Waals surface area contributed by atoms with Crippen molar-refractivity contribution in [3.05, 3.63) is 52.6 Å². The van der Waals surface area contributed by atoms with Gasteiger partial charge in [-0.1, -0.05) is 0 Å². The summed E-state index contributed by atoms with van der Waals surface area (Å²) in [5.41, 5.74) is 1.36. The van der Waals surface area contributed by atoms with E-state index in [0.29, 0.717) is 28.0 Å². The van der Waals surface area contributed by atoms with Crippen molar-refractivity contribution in [3.63, 3.8) is 0 Å². The van der Waals surface area contributed by atoms with Gasteiger partial charge in [-0.2, -0.15) is 0 Å². The number of anilines is 2. The van der Waals surface area contributed by atoms with Gasteiger partial charge >= 0.3 is 0 Å². The Balaban J connectivity index is 2.05. The third kappa shape index (κ3) is 4.55. The quantitative estimate of drug-likeness (QED) is 0.492. The summed E-state index contributed by atoms with van der Waals surface area (Å²) in [5.74, 6) is 1.26. The van der Waals surface area contributed by atoms with Crippen molar-refractivity contribution >= 4 is 34.4 Å². The van der Waals surface area contributed by atoms with Crippen LogP contribution in [0.1, 0.15) is 0 Å². The largest absolute Gasteiger partial charge is 0.497 e. The van der Waals surface area contributed by atoms with Crippen molar-refractivity contribution in [1.29, 1.82) is 0 Å². The van der Waals surface area contributed by atoms with Crippen LogP contribution in [0.25, 0.3) is 0 Å². The molecule has 0 aliphatic heterocycles. The molecule has 0 aromatic heterocycles. The molecular weight excluding hydrogens is 318 g/mol. The van der Waals surface area contributed by atoms with Gasteiger partial charge in [-0.3, -0.25) is 10.1 Å². The number of thiocarbonyl (C=S) groups is 1. The molecule has 120 valence electrons. The molecule has 0 saturated carbocycles. The molecule has 23 heavy (non-hydrogen) atoms. The molecule has 0 aliphatic carbocycles. The Labute approximate surface area is 138 Å². The maximum Gasteiger partial charge on any atom is 0.269 e. The van der Waals surface area contributed by atoms with Gasteiger partial charge in [0, 0.05) is 41.7 Å². The van der Waals surface area contributed by atoms with Crippen LogP contribution in [0.4, 0.5) is 17.1 Å². The van der Waals surface area contributed by atoms with Crippen LogP contribution >= 0.6 is 12.2 Å². The highest BCUT2D eigenvalue weighted by molar-refractivity contribution is 7.80. The van der Waals surface area contributed by atoms with Crippen LogP contribution in [0.2, 0.25) is 0 Å². The van der Waals surface area contributed by atoms with E-state index < -0.39 is 4.92 Å². The number of hydrogen-bond acceptors (Lipinski definition) is 5. The van der Waals surface area contributed by atoms with E-state index in [1.807, 2.05) is 0 Å². The van der Waals surface area contributed by atoms with Gasteiger partial charge in [-0.15, -0.1) is 0 Å². The number of non-ortho nitro benzene ring substituents is 1. The highest BCUT2D eigenvalue weighted by Crippen LogP contribution is 2.26. The Hall–Kier alpha value is -2.87. The lowest BCUT2D eigenvalue weighted by Crippen LogP contribution is -2.19. The Kier molecular flexibility index (Phi) is 5.32. The zero-order chi connectivity index (χ0) is 16.8. The lowest BCUT2D eigenvalue weighted by atomic mass is 10.2. The molecule has 0 radical (unpaired) electrons. The second kappa shape index (κ2) is 7.41. The maximum absolute atomic E-state index is 10.6. The van der Waals surface area contributed by atoms with Gasteiger partial charge in [-0.25, -0.2) is 0 Å². The van der Waals surface area contributed by atoms with E-state index in [-0.39, 0.29) is 5.69 Å². The van der Waals surface area contributed by atoms with E-state index in [2.05, 4.69) is 10.6 Å². The lowest BCUT2D eigenvalue weighted by molar-refractivity contribution is -0.384. The van der Waals surface area contributed by atoms with Crippen molar-refractivity contribution in [1.82, 2.24) is 0 Å². The summed E-state index contributed by atoms with van der Waals surface area (Å²) in [4.78, 5) is 10.2. The summed E-state index contributed by atoms with van der Waals surface area (Å²) < 4.78 is 10.4. The molecule has 0 spiro atoms. The lowest BCUT2D eigenvalue weighted by Gasteiger charge is -2.12. The average Bonchev–Trinajstić information content (AvgIpc) is 2.54. The first-order chi connectivity index (χ1) is 11.0.